The lowest BCUT2D eigenvalue weighted by molar-refractivity contribution is 0.592. The molecule has 0 saturated carbocycles. The van der Waals surface area contributed by atoms with E-state index in [-0.39, 0.29) is 6.04 Å². The maximum atomic E-state index is 6.29. The quantitative estimate of drug-likeness (QED) is 0.780. The predicted octanol–water partition coefficient (Wildman–Crippen LogP) is 2.48. The average molecular weight is 281 g/mol. The van der Waals surface area contributed by atoms with Gasteiger partial charge >= 0.3 is 0 Å². The van der Waals surface area contributed by atoms with Crippen LogP contribution in [0.3, 0.4) is 0 Å². The van der Waals surface area contributed by atoms with E-state index >= 15 is 0 Å². The molecule has 0 bridgehead atoms. The average Bonchev–Trinajstić information content (AvgIpc) is 2.94. The molecule has 108 valence electrons. The summed E-state index contributed by atoms with van der Waals surface area (Å²) in [6.45, 7) is 3.12. The number of aromatic nitrogens is 4. The van der Waals surface area contributed by atoms with Gasteiger partial charge in [0.05, 0.1) is 29.0 Å². The number of nitrogens with two attached hydrogens (primary N) is 1. The van der Waals surface area contributed by atoms with Gasteiger partial charge in [0.25, 0.3) is 0 Å². The van der Waals surface area contributed by atoms with Gasteiger partial charge < -0.3 is 10.3 Å². The number of fused-ring (bicyclic) bond motifs is 1. The molecule has 1 unspecified atom stereocenters. The van der Waals surface area contributed by atoms with Crippen molar-refractivity contribution in [2.45, 2.75) is 32.4 Å². The van der Waals surface area contributed by atoms with E-state index in [1.807, 2.05) is 36.7 Å². The van der Waals surface area contributed by atoms with E-state index in [2.05, 4.69) is 26.4 Å². The first-order valence-electron chi connectivity index (χ1n) is 7.25. The molecule has 1 atom stereocenters. The molecule has 3 rings (SSSR count). The predicted molar refractivity (Wildman–Crippen MR) is 82.7 cm³/mol. The molecule has 1 aromatic carbocycles. The molecule has 0 aliphatic heterocycles. The van der Waals surface area contributed by atoms with Crippen molar-refractivity contribution in [1.29, 1.82) is 0 Å². The van der Waals surface area contributed by atoms with Gasteiger partial charge in [0.1, 0.15) is 5.82 Å². The van der Waals surface area contributed by atoms with Crippen LogP contribution in [0.25, 0.3) is 11.0 Å². The molecule has 3 aromatic rings. The summed E-state index contributed by atoms with van der Waals surface area (Å²) in [5, 5.41) is 0. The Morgan fingerprint density at radius 2 is 2.00 bits per heavy atom. The summed E-state index contributed by atoms with van der Waals surface area (Å²) in [5.41, 5.74) is 8.86. The van der Waals surface area contributed by atoms with Gasteiger partial charge in [-0.2, -0.15) is 0 Å². The number of hydrogen-bond donors (Lipinski definition) is 1. The highest BCUT2D eigenvalue weighted by molar-refractivity contribution is 5.73. The molecular formula is C16H19N5. The lowest BCUT2D eigenvalue weighted by Crippen LogP contribution is -2.18. The zero-order chi connectivity index (χ0) is 14.7. The summed E-state index contributed by atoms with van der Waals surface area (Å²) < 4.78 is 2.15. The Hall–Kier alpha value is -2.27. The summed E-state index contributed by atoms with van der Waals surface area (Å²) in [6, 6.07) is 7.63. The van der Waals surface area contributed by atoms with Crippen LogP contribution in [0.15, 0.2) is 42.9 Å². The van der Waals surface area contributed by atoms with Crippen LogP contribution in [-0.4, -0.2) is 19.5 Å². The largest absolute Gasteiger partial charge is 0.335 e. The van der Waals surface area contributed by atoms with Gasteiger partial charge in [-0.25, -0.2) is 9.97 Å². The Morgan fingerprint density at radius 1 is 1.19 bits per heavy atom. The number of nitrogens with zero attached hydrogens (tertiary/aromatic N) is 4. The van der Waals surface area contributed by atoms with Gasteiger partial charge in [-0.3, -0.25) is 4.98 Å². The van der Waals surface area contributed by atoms with Crippen molar-refractivity contribution in [1.82, 2.24) is 19.5 Å². The van der Waals surface area contributed by atoms with E-state index in [9.17, 15) is 0 Å². The molecule has 0 amide bonds. The van der Waals surface area contributed by atoms with E-state index in [4.69, 9.17) is 5.73 Å². The fourth-order valence-corrected chi connectivity index (χ4v) is 2.43. The molecule has 2 heterocycles. The van der Waals surface area contributed by atoms with Gasteiger partial charge in [-0.05, 0) is 18.6 Å². The number of aryl methyl sites for hydroxylation is 1. The minimum absolute atomic E-state index is 0.194. The summed E-state index contributed by atoms with van der Waals surface area (Å²) in [6.07, 6.45) is 7.33. The summed E-state index contributed by atoms with van der Waals surface area (Å²) >= 11 is 0. The van der Waals surface area contributed by atoms with Crippen LogP contribution >= 0.6 is 0 Å². The molecule has 2 N–H and O–H groups in total. The SMILES string of the molecule is CCCn1ccnc1CC(N)c1cnc2ccccc2n1. The fourth-order valence-electron chi connectivity index (χ4n) is 2.43. The van der Waals surface area contributed by atoms with Crippen molar-refractivity contribution >= 4 is 11.0 Å². The van der Waals surface area contributed by atoms with Crippen LogP contribution < -0.4 is 5.73 Å². The maximum absolute atomic E-state index is 6.29. The number of imidazole rings is 1. The highest BCUT2D eigenvalue weighted by Crippen LogP contribution is 2.16. The van der Waals surface area contributed by atoms with Gasteiger partial charge in [-0.15, -0.1) is 0 Å². The summed E-state index contributed by atoms with van der Waals surface area (Å²) in [4.78, 5) is 13.4. The zero-order valence-electron chi connectivity index (χ0n) is 12.1. The molecule has 2 aromatic heterocycles. The van der Waals surface area contributed by atoms with E-state index in [1.54, 1.807) is 6.20 Å². The third kappa shape index (κ3) is 2.92. The molecule has 21 heavy (non-hydrogen) atoms. The normalized spacial score (nSPS) is 12.7. The second-order valence-electron chi connectivity index (χ2n) is 5.13. The first-order chi connectivity index (χ1) is 10.3. The third-order valence-electron chi connectivity index (χ3n) is 3.52. The molecule has 0 fully saturated rings. The van der Waals surface area contributed by atoms with Crippen molar-refractivity contribution < 1.29 is 0 Å². The Morgan fingerprint density at radius 3 is 2.81 bits per heavy atom. The second kappa shape index (κ2) is 6.01. The highest BCUT2D eigenvalue weighted by atomic mass is 15.1. The van der Waals surface area contributed by atoms with E-state index in [1.165, 1.54) is 0 Å². The number of rotatable bonds is 5. The molecule has 5 nitrogen and oxygen atoms in total. The van der Waals surface area contributed by atoms with Gasteiger partial charge in [0.2, 0.25) is 0 Å². The van der Waals surface area contributed by atoms with E-state index in [0.29, 0.717) is 6.42 Å². The Bertz CT molecular complexity index is 734. The van der Waals surface area contributed by atoms with Crippen molar-refractivity contribution in [3.05, 3.63) is 54.4 Å². The van der Waals surface area contributed by atoms with Crippen molar-refractivity contribution in [2.24, 2.45) is 5.73 Å². The molecule has 0 spiro atoms. The number of benzene rings is 1. The van der Waals surface area contributed by atoms with Crippen LogP contribution in [0, 0.1) is 0 Å². The fraction of sp³-hybridized carbons (Fsp3) is 0.312. The molecule has 0 radical (unpaired) electrons. The monoisotopic (exact) mass is 281 g/mol. The third-order valence-corrected chi connectivity index (χ3v) is 3.52. The van der Waals surface area contributed by atoms with Gasteiger partial charge in [0, 0.05) is 25.4 Å². The van der Waals surface area contributed by atoms with Crippen LogP contribution in [-0.2, 0) is 13.0 Å². The van der Waals surface area contributed by atoms with Crippen molar-refractivity contribution in [3.63, 3.8) is 0 Å². The molecule has 0 saturated heterocycles. The standard InChI is InChI=1S/C16H19N5/c1-2-8-21-9-7-18-16(21)10-12(17)15-11-19-13-5-3-4-6-14(13)20-15/h3-7,9,11-12H,2,8,10,17H2,1H3. The van der Waals surface area contributed by atoms with Crippen LogP contribution in [0.5, 0.6) is 0 Å². The smallest absolute Gasteiger partial charge is 0.110 e. The zero-order valence-corrected chi connectivity index (χ0v) is 12.1. The summed E-state index contributed by atoms with van der Waals surface area (Å²) in [7, 11) is 0. The molecule has 0 aliphatic carbocycles. The van der Waals surface area contributed by atoms with E-state index < -0.39 is 0 Å². The van der Waals surface area contributed by atoms with Crippen molar-refractivity contribution in [2.75, 3.05) is 0 Å². The van der Waals surface area contributed by atoms with Gasteiger partial charge in [-0.1, -0.05) is 19.1 Å². The first-order valence-corrected chi connectivity index (χ1v) is 7.25. The summed E-state index contributed by atoms with van der Waals surface area (Å²) in [5.74, 6) is 0.999. The Balaban J connectivity index is 1.83. The Labute approximate surface area is 123 Å². The molecular weight excluding hydrogens is 262 g/mol. The number of hydrogen-bond acceptors (Lipinski definition) is 4. The topological polar surface area (TPSA) is 69.6 Å². The first kappa shape index (κ1) is 13.7. The second-order valence-corrected chi connectivity index (χ2v) is 5.13. The van der Waals surface area contributed by atoms with Crippen LogP contribution in [0.1, 0.15) is 30.9 Å². The molecule has 0 aliphatic rings. The Kier molecular flexibility index (Phi) is 3.92. The van der Waals surface area contributed by atoms with Gasteiger partial charge in [0.15, 0.2) is 0 Å². The maximum Gasteiger partial charge on any atom is 0.110 e. The number of para-hydroxylation sites is 2. The lowest BCUT2D eigenvalue weighted by Gasteiger charge is -2.12. The van der Waals surface area contributed by atoms with Crippen molar-refractivity contribution in [3.8, 4) is 0 Å². The highest BCUT2D eigenvalue weighted by Gasteiger charge is 2.13. The van der Waals surface area contributed by atoms with Crippen LogP contribution in [0.4, 0.5) is 0 Å². The lowest BCUT2D eigenvalue weighted by atomic mass is 10.1. The molecule has 5 heteroatoms. The van der Waals surface area contributed by atoms with E-state index in [0.717, 1.165) is 35.5 Å². The van der Waals surface area contributed by atoms with Crippen LogP contribution in [0.2, 0.25) is 0 Å². The minimum Gasteiger partial charge on any atom is -0.335 e. The minimum atomic E-state index is -0.194.